The lowest BCUT2D eigenvalue weighted by Gasteiger charge is -2.35. The zero-order chi connectivity index (χ0) is 20.7. The first-order valence-electron chi connectivity index (χ1n) is 9.50. The molecule has 29 heavy (non-hydrogen) atoms. The van der Waals surface area contributed by atoms with Gasteiger partial charge in [0.1, 0.15) is 5.82 Å². The van der Waals surface area contributed by atoms with Crippen LogP contribution >= 0.6 is 0 Å². The van der Waals surface area contributed by atoms with E-state index in [2.05, 4.69) is 10.1 Å². The molecule has 0 saturated carbocycles. The Labute approximate surface area is 167 Å². The summed E-state index contributed by atoms with van der Waals surface area (Å²) in [5.74, 6) is -0.745. The Bertz CT molecular complexity index is 1120. The van der Waals surface area contributed by atoms with Gasteiger partial charge in [-0.1, -0.05) is 6.07 Å². The first-order valence-corrected chi connectivity index (χ1v) is 9.50. The highest BCUT2D eigenvalue weighted by Crippen LogP contribution is 2.23. The molecule has 1 aliphatic heterocycles. The number of aromatic nitrogens is 3. The molecule has 0 radical (unpaired) electrons. The molecule has 4 rings (SSSR count). The molecular weight excluding hydrogens is 373 g/mol. The molecule has 2 amide bonds. The van der Waals surface area contributed by atoms with Crippen molar-refractivity contribution in [2.45, 2.75) is 13.8 Å². The highest BCUT2D eigenvalue weighted by molar-refractivity contribution is 6.06. The van der Waals surface area contributed by atoms with Crippen molar-refractivity contribution in [3.63, 3.8) is 0 Å². The first kappa shape index (κ1) is 19.0. The lowest BCUT2D eigenvalue weighted by atomic mass is 10.1. The number of hydrogen-bond acceptors (Lipinski definition) is 4. The summed E-state index contributed by atoms with van der Waals surface area (Å²) in [6, 6.07) is 7.47. The van der Waals surface area contributed by atoms with Crippen molar-refractivity contribution in [3.05, 3.63) is 58.7 Å². The maximum absolute atomic E-state index is 13.4. The van der Waals surface area contributed by atoms with Gasteiger partial charge < -0.3 is 9.80 Å². The SMILES string of the molecule is Cc1cc(C(=O)N2CCN(C(=O)c3cccc(F)c3)CC2)c2c(C)nn(C)c2n1. The largest absolute Gasteiger partial charge is 0.335 e. The van der Waals surface area contributed by atoms with Crippen molar-refractivity contribution in [1.29, 1.82) is 0 Å². The lowest BCUT2D eigenvalue weighted by molar-refractivity contribution is 0.0536. The van der Waals surface area contributed by atoms with Gasteiger partial charge in [-0.3, -0.25) is 14.3 Å². The van der Waals surface area contributed by atoms with E-state index in [4.69, 9.17) is 0 Å². The van der Waals surface area contributed by atoms with E-state index in [1.165, 1.54) is 18.2 Å². The predicted molar refractivity (Wildman–Crippen MR) is 106 cm³/mol. The van der Waals surface area contributed by atoms with E-state index >= 15 is 0 Å². The molecular formula is C21H22FN5O2. The molecule has 3 heterocycles. The second-order valence-corrected chi connectivity index (χ2v) is 7.31. The topological polar surface area (TPSA) is 71.3 Å². The fraction of sp³-hybridized carbons (Fsp3) is 0.333. The number of nitrogens with zero attached hydrogens (tertiary/aromatic N) is 5. The molecule has 1 fully saturated rings. The number of fused-ring (bicyclic) bond motifs is 1. The Balaban J connectivity index is 1.53. The van der Waals surface area contributed by atoms with Gasteiger partial charge in [-0.25, -0.2) is 9.37 Å². The van der Waals surface area contributed by atoms with Crippen LogP contribution in [0.2, 0.25) is 0 Å². The van der Waals surface area contributed by atoms with E-state index in [0.717, 1.165) is 16.8 Å². The van der Waals surface area contributed by atoms with Gasteiger partial charge in [0.2, 0.25) is 0 Å². The number of pyridine rings is 1. The van der Waals surface area contributed by atoms with Crippen molar-refractivity contribution >= 4 is 22.8 Å². The van der Waals surface area contributed by atoms with Crippen LogP contribution in [-0.4, -0.2) is 62.6 Å². The highest BCUT2D eigenvalue weighted by Gasteiger charge is 2.28. The molecule has 1 saturated heterocycles. The third-order valence-electron chi connectivity index (χ3n) is 5.25. The zero-order valence-electron chi connectivity index (χ0n) is 16.6. The smallest absolute Gasteiger partial charge is 0.254 e. The van der Waals surface area contributed by atoms with E-state index in [9.17, 15) is 14.0 Å². The zero-order valence-corrected chi connectivity index (χ0v) is 16.6. The molecule has 1 aromatic carbocycles. The van der Waals surface area contributed by atoms with Gasteiger partial charge in [-0.05, 0) is 38.1 Å². The summed E-state index contributed by atoms with van der Waals surface area (Å²) in [7, 11) is 1.81. The summed E-state index contributed by atoms with van der Waals surface area (Å²) in [4.78, 5) is 33.7. The van der Waals surface area contributed by atoms with Crippen LogP contribution in [0.1, 0.15) is 32.1 Å². The maximum Gasteiger partial charge on any atom is 0.254 e. The summed E-state index contributed by atoms with van der Waals surface area (Å²) in [5, 5.41) is 5.16. The van der Waals surface area contributed by atoms with E-state index in [1.54, 1.807) is 26.6 Å². The molecule has 0 bridgehead atoms. The summed E-state index contributed by atoms with van der Waals surface area (Å²) in [6.45, 7) is 5.37. The van der Waals surface area contributed by atoms with Crippen molar-refractivity contribution in [2.24, 2.45) is 7.05 Å². The van der Waals surface area contributed by atoms with Gasteiger partial charge in [0.15, 0.2) is 5.65 Å². The number of rotatable bonds is 2. The van der Waals surface area contributed by atoms with Gasteiger partial charge in [-0.15, -0.1) is 0 Å². The first-order chi connectivity index (χ1) is 13.8. The Morgan fingerprint density at radius 3 is 2.31 bits per heavy atom. The minimum absolute atomic E-state index is 0.0885. The number of carbonyl (C=O) groups is 2. The Morgan fingerprint density at radius 1 is 1.00 bits per heavy atom. The number of piperazine rings is 1. The quantitative estimate of drug-likeness (QED) is 0.668. The number of amides is 2. The fourth-order valence-corrected chi connectivity index (χ4v) is 3.83. The number of aryl methyl sites for hydroxylation is 3. The van der Waals surface area contributed by atoms with E-state index in [-0.39, 0.29) is 11.8 Å². The van der Waals surface area contributed by atoms with Crippen LogP contribution in [0.5, 0.6) is 0 Å². The summed E-state index contributed by atoms with van der Waals surface area (Å²) < 4.78 is 15.1. The molecule has 7 nitrogen and oxygen atoms in total. The van der Waals surface area contributed by atoms with Gasteiger partial charge in [-0.2, -0.15) is 5.10 Å². The van der Waals surface area contributed by atoms with Crippen molar-refractivity contribution in [1.82, 2.24) is 24.6 Å². The minimum Gasteiger partial charge on any atom is -0.335 e. The number of benzene rings is 1. The molecule has 0 N–H and O–H groups in total. The average molecular weight is 395 g/mol. The minimum atomic E-state index is -0.437. The normalized spacial score (nSPS) is 14.5. The molecule has 8 heteroatoms. The predicted octanol–water partition coefficient (Wildman–Crippen LogP) is 2.32. The number of hydrogen-bond donors (Lipinski definition) is 0. The number of halogens is 1. The molecule has 0 aliphatic carbocycles. The van der Waals surface area contributed by atoms with Crippen LogP contribution in [-0.2, 0) is 7.05 Å². The van der Waals surface area contributed by atoms with Crippen LogP contribution in [0, 0.1) is 19.7 Å². The third kappa shape index (κ3) is 3.46. The van der Waals surface area contributed by atoms with E-state index in [1.807, 2.05) is 20.9 Å². The van der Waals surface area contributed by atoms with Crippen LogP contribution in [0.15, 0.2) is 30.3 Å². The monoisotopic (exact) mass is 395 g/mol. The molecule has 3 aromatic rings. The summed E-state index contributed by atoms with van der Waals surface area (Å²) in [5.41, 5.74) is 3.11. The molecule has 1 aliphatic rings. The molecule has 0 atom stereocenters. The Kier molecular flexibility index (Phi) is 4.77. The van der Waals surface area contributed by atoms with Crippen molar-refractivity contribution in [2.75, 3.05) is 26.2 Å². The van der Waals surface area contributed by atoms with Gasteiger partial charge in [0.05, 0.1) is 16.6 Å². The average Bonchev–Trinajstić information content (AvgIpc) is 3.00. The maximum atomic E-state index is 13.4. The standard InChI is InChI=1S/C21H22FN5O2/c1-13-11-17(18-14(2)24-25(3)19(18)23-13)21(29)27-9-7-26(8-10-27)20(28)15-5-4-6-16(22)12-15/h4-6,11-12H,7-10H2,1-3H3. The second-order valence-electron chi connectivity index (χ2n) is 7.31. The van der Waals surface area contributed by atoms with Gasteiger partial charge in [0, 0.05) is 44.5 Å². The Morgan fingerprint density at radius 2 is 1.66 bits per heavy atom. The van der Waals surface area contributed by atoms with Crippen LogP contribution in [0.4, 0.5) is 4.39 Å². The van der Waals surface area contributed by atoms with Crippen LogP contribution in [0.25, 0.3) is 11.0 Å². The number of carbonyl (C=O) groups excluding carboxylic acids is 2. The molecule has 0 unspecified atom stereocenters. The highest BCUT2D eigenvalue weighted by atomic mass is 19.1. The van der Waals surface area contributed by atoms with Crippen molar-refractivity contribution in [3.8, 4) is 0 Å². The van der Waals surface area contributed by atoms with Crippen LogP contribution in [0.3, 0.4) is 0 Å². The van der Waals surface area contributed by atoms with Gasteiger partial charge >= 0.3 is 0 Å². The second kappa shape index (κ2) is 7.27. The van der Waals surface area contributed by atoms with E-state index < -0.39 is 5.82 Å². The van der Waals surface area contributed by atoms with E-state index in [0.29, 0.717) is 43.0 Å². The third-order valence-corrected chi connectivity index (χ3v) is 5.25. The van der Waals surface area contributed by atoms with Crippen LogP contribution < -0.4 is 0 Å². The molecule has 2 aromatic heterocycles. The van der Waals surface area contributed by atoms with Gasteiger partial charge in [0.25, 0.3) is 11.8 Å². The molecule has 0 spiro atoms. The fourth-order valence-electron chi connectivity index (χ4n) is 3.83. The summed E-state index contributed by atoms with van der Waals surface area (Å²) in [6.07, 6.45) is 0. The molecule has 150 valence electrons. The Hall–Kier alpha value is -3.29. The van der Waals surface area contributed by atoms with Crippen molar-refractivity contribution < 1.29 is 14.0 Å². The lowest BCUT2D eigenvalue weighted by Crippen LogP contribution is -2.50. The summed E-state index contributed by atoms with van der Waals surface area (Å²) >= 11 is 0.